The molecule has 6 aromatic carbocycles. The van der Waals surface area contributed by atoms with Crippen molar-refractivity contribution in [3.05, 3.63) is 107 Å². The largest absolute Gasteiger partial charge is 0.508 e. The lowest BCUT2D eigenvalue weighted by molar-refractivity contribution is 0.107. The number of aromatic hydroxyl groups is 2. The number of phenols is 2. The third-order valence-electron chi connectivity index (χ3n) is 19.7. The number of ether oxygens (including phenoxy) is 2. The third-order valence-corrected chi connectivity index (χ3v) is 23.1. The van der Waals surface area contributed by atoms with E-state index in [1.807, 2.05) is 9.80 Å². The Morgan fingerprint density at radius 3 is 1.46 bits per heavy atom. The molecule has 0 spiro atoms. The highest BCUT2D eigenvalue weighted by atomic mass is 32.2. The molecule has 93 heavy (non-hydrogen) atoms. The Morgan fingerprint density at radius 2 is 1.05 bits per heavy atom. The summed E-state index contributed by atoms with van der Waals surface area (Å²) >= 11 is 0. The van der Waals surface area contributed by atoms with Gasteiger partial charge in [0.2, 0.25) is 0 Å². The number of piperidine rings is 2. The Kier molecular flexibility index (Phi) is 17.2. The van der Waals surface area contributed by atoms with Crippen molar-refractivity contribution in [1.82, 2.24) is 34.0 Å². The summed E-state index contributed by atoms with van der Waals surface area (Å²) in [5.41, 5.74) is -0.569. The molecule has 2 aromatic heterocycles. The van der Waals surface area contributed by atoms with Crippen LogP contribution in [0.5, 0.6) is 23.5 Å². The molecule has 0 saturated carbocycles. The first-order valence-electron chi connectivity index (χ1n) is 31.2. The van der Waals surface area contributed by atoms with Gasteiger partial charge in [-0.1, -0.05) is 36.1 Å². The molecule has 0 amide bonds. The highest BCUT2D eigenvalue weighted by Crippen LogP contribution is 2.46. The second kappa shape index (κ2) is 25.0. The number of hydrogen-bond donors (Lipinski definition) is 2. The second-order valence-corrected chi connectivity index (χ2v) is 29.9. The van der Waals surface area contributed by atoms with E-state index in [4.69, 9.17) is 32.3 Å². The summed E-state index contributed by atoms with van der Waals surface area (Å²) in [6.07, 6.45) is 16.9. The summed E-state index contributed by atoms with van der Waals surface area (Å²) in [6.45, 7) is 4.43. The number of benzene rings is 6. The molecular formula is C69H69F6N9O7S2. The first-order chi connectivity index (χ1) is 44.5. The van der Waals surface area contributed by atoms with Crippen molar-refractivity contribution in [3.63, 3.8) is 0 Å². The fourth-order valence-corrected chi connectivity index (χ4v) is 17.5. The molecule has 0 radical (unpaired) electrons. The maximum atomic E-state index is 16.8. The van der Waals surface area contributed by atoms with Crippen LogP contribution in [0.15, 0.2) is 72.8 Å². The summed E-state index contributed by atoms with van der Waals surface area (Å²) in [4.78, 5) is 26.7. The molecule has 5 atom stereocenters. The van der Waals surface area contributed by atoms with Gasteiger partial charge in [0.1, 0.15) is 81.2 Å². The van der Waals surface area contributed by atoms with Gasteiger partial charge in [-0.15, -0.1) is 12.8 Å². The van der Waals surface area contributed by atoms with Gasteiger partial charge in [0.15, 0.2) is 11.6 Å². The lowest BCUT2D eigenvalue weighted by Gasteiger charge is -2.34. The number of nitrogens with zero attached hydrogens (tertiary/aromatic N) is 9. The van der Waals surface area contributed by atoms with E-state index in [0.717, 1.165) is 38.8 Å². The number of alkyl halides is 2. The fourth-order valence-electron chi connectivity index (χ4n) is 15.2. The van der Waals surface area contributed by atoms with Gasteiger partial charge in [-0.05, 0) is 149 Å². The summed E-state index contributed by atoms with van der Waals surface area (Å²) in [5.74, 6) is 2.60. The van der Waals surface area contributed by atoms with Crippen molar-refractivity contribution in [1.29, 1.82) is 0 Å². The monoisotopic (exact) mass is 1310 g/mol. The van der Waals surface area contributed by atoms with Gasteiger partial charge < -0.3 is 29.5 Å². The van der Waals surface area contributed by atoms with E-state index in [-0.39, 0.29) is 91.8 Å². The van der Waals surface area contributed by atoms with E-state index in [1.54, 1.807) is 36.6 Å². The fraction of sp³-hybridized carbons (Fsp3) is 0.420. The third kappa shape index (κ3) is 11.9. The molecule has 6 saturated heterocycles. The number of phenolic OH excluding ortho intramolecular Hbond substituents is 2. The van der Waals surface area contributed by atoms with Crippen LogP contribution in [0.2, 0.25) is 0 Å². The molecule has 6 aliphatic rings. The Hall–Kier alpha value is -8.00. The van der Waals surface area contributed by atoms with Crippen molar-refractivity contribution in [2.24, 2.45) is 0 Å². The highest BCUT2D eigenvalue weighted by molar-refractivity contribution is 7.91. The van der Waals surface area contributed by atoms with E-state index in [9.17, 15) is 40.4 Å². The quantitative estimate of drug-likeness (QED) is 0.0822. The standard InChI is InChI=1S/C35H36F3N5O3S.C34H33F3N4O4S/c1-4-25-29(37)9-6-21-16-23(44)17-28(30(21)25)26-7-8-27-32(31(26)38)39-34(46-20-35-12-5-13-43(35)19-22(36)18-35)40-33(27)42-14-10-24(11-15-42)47(45)41(2)3;1-3-24-28(36)8-5-20-15-22(42)16-27(29(20)24)25-6-7-26-31(30(25)37)38-33(45-19-34-11-4-12-41(34)18-21(35)17-34)39-32(26)40-13-9-23(10-14-40)46(2,43)44/h1,6-9,16-17,22,24,44H,5,10-15,18-20H2,2-3H3;1,5-8,15-16,21,23,42H,4,9-14,17-19H2,2H3. The zero-order chi connectivity index (χ0) is 65.4. The topological polar surface area (TPSA) is 178 Å². The number of rotatable bonds is 13. The van der Waals surface area contributed by atoms with E-state index in [1.165, 1.54) is 60.9 Å². The lowest BCUT2D eigenvalue weighted by Crippen LogP contribution is -2.43. The highest BCUT2D eigenvalue weighted by Gasteiger charge is 2.51. The predicted octanol–water partition coefficient (Wildman–Crippen LogP) is 10.9. The van der Waals surface area contributed by atoms with Crippen molar-refractivity contribution in [2.75, 3.05) is 95.7 Å². The summed E-state index contributed by atoms with van der Waals surface area (Å²) in [6, 6.07) is 17.3. The van der Waals surface area contributed by atoms with Gasteiger partial charge >= 0.3 is 12.0 Å². The summed E-state index contributed by atoms with van der Waals surface area (Å²) < 4.78 is 144. The molecule has 8 aromatic rings. The zero-order valence-electron chi connectivity index (χ0n) is 51.6. The minimum atomic E-state index is -3.23. The lowest BCUT2D eigenvalue weighted by atomic mass is 9.93. The number of terminal acetylenes is 2. The maximum Gasteiger partial charge on any atom is 0.319 e. The van der Waals surface area contributed by atoms with Crippen LogP contribution in [-0.4, -0.2) is 177 Å². The molecule has 0 aliphatic carbocycles. The Labute approximate surface area is 537 Å². The number of aromatic nitrogens is 4. The van der Waals surface area contributed by atoms with Gasteiger partial charge in [-0.3, -0.25) is 9.80 Å². The second-order valence-electron chi connectivity index (χ2n) is 25.6. The number of sulfone groups is 1. The van der Waals surface area contributed by atoms with Gasteiger partial charge in [-0.2, -0.15) is 19.9 Å². The molecule has 8 heterocycles. The minimum Gasteiger partial charge on any atom is -0.508 e. The Morgan fingerprint density at radius 1 is 0.624 bits per heavy atom. The van der Waals surface area contributed by atoms with Gasteiger partial charge in [-0.25, -0.2) is 43.3 Å². The van der Waals surface area contributed by atoms with E-state index in [2.05, 4.69) is 31.6 Å². The average Bonchev–Trinajstić information content (AvgIpc) is 1.72. The molecule has 0 bridgehead atoms. The smallest absolute Gasteiger partial charge is 0.319 e. The molecule has 6 aliphatic heterocycles. The van der Waals surface area contributed by atoms with Crippen LogP contribution in [0.1, 0.15) is 75.3 Å². The zero-order valence-corrected chi connectivity index (χ0v) is 53.2. The van der Waals surface area contributed by atoms with Gasteiger partial charge in [0, 0.05) is 91.0 Å². The van der Waals surface area contributed by atoms with E-state index >= 15 is 8.78 Å². The first-order valence-corrected chi connectivity index (χ1v) is 34.3. The number of anilines is 2. The Bertz CT molecular complexity index is 4540. The van der Waals surface area contributed by atoms with Crippen molar-refractivity contribution in [3.8, 4) is 70.5 Å². The van der Waals surface area contributed by atoms with Crippen molar-refractivity contribution in [2.45, 2.75) is 98.1 Å². The molecule has 16 nitrogen and oxygen atoms in total. The number of hydrogen-bond acceptors (Lipinski definition) is 15. The van der Waals surface area contributed by atoms with E-state index < -0.39 is 72.8 Å². The van der Waals surface area contributed by atoms with Crippen LogP contribution in [0.4, 0.5) is 38.0 Å². The minimum absolute atomic E-state index is 0.00721. The summed E-state index contributed by atoms with van der Waals surface area (Å²) in [5, 5.41) is 22.9. The molecule has 14 rings (SSSR count). The van der Waals surface area contributed by atoms with Gasteiger partial charge in [0.05, 0.1) is 43.7 Å². The van der Waals surface area contributed by atoms with Crippen LogP contribution < -0.4 is 19.3 Å². The molecule has 2 N–H and O–H groups in total. The molecule has 486 valence electrons. The number of halogens is 6. The van der Waals surface area contributed by atoms with Crippen LogP contribution in [0, 0.1) is 48.0 Å². The molecular weight excluding hydrogens is 1240 g/mol. The molecule has 24 heteroatoms. The van der Waals surface area contributed by atoms with Crippen molar-refractivity contribution >= 4 is 75.8 Å². The average molecular weight is 1310 g/mol. The van der Waals surface area contributed by atoms with Crippen molar-refractivity contribution < 1.29 is 58.7 Å². The van der Waals surface area contributed by atoms with Crippen LogP contribution >= 0.6 is 0 Å². The van der Waals surface area contributed by atoms with Crippen LogP contribution in [-0.2, 0) is 20.8 Å². The van der Waals surface area contributed by atoms with E-state index in [0.29, 0.717) is 116 Å². The maximum absolute atomic E-state index is 16.8. The summed E-state index contributed by atoms with van der Waals surface area (Å²) in [7, 11) is -0.767. The SMILES string of the molecule is C#Cc1c(F)ccc2cc(O)cc(-c3ccc4c(N5CCC(S(=O)N(C)C)CC5)nc(OCC56CCCN5CC(F)C6)nc4c3F)c12.C#Cc1c(F)ccc2cc(O)cc(-c3ccc4c(N5CCC(S(C)(=O)=O)CC5)nc(OCC56CCCN5CC(F)C6)nc4c3F)c12. The predicted molar refractivity (Wildman–Crippen MR) is 348 cm³/mol. The molecule has 5 unspecified atom stereocenters. The first kappa shape index (κ1) is 63.7. The molecule has 6 fully saturated rings. The normalized spacial score (nSPS) is 22.5. The van der Waals surface area contributed by atoms with Crippen LogP contribution in [0.3, 0.4) is 0 Å². The van der Waals surface area contributed by atoms with Gasteiger partial charge in [0.25, 0.3) is 0 Å². The van der Waals surface area contributed by atoms with Crippen LogP contribution in [0.25, 0.3) is 65.6 Å². The Balaban J connectivity index is 0.000000169. The number of fused-ring (bicyclic) bond motifs is 6.